The molecular formula is C35H37ClFN3O4S. The van der Waals surface area contributed by atoms with Crippen molar-refractivity contribution < 1.29 is 22.4 Å². The first-order valence-corrected chi connectivity index (χ1v) is 16.6. The number of halogens is 2. The predicted octanol–water partition coefficient (Wildman–Crippen LogP) is 6.54. The lowest BCUT2D eigenvalue weighted by atomic mass is 10.0. The lowest BCUT2D eigenvalue weighted by molar-refractivity contribution is -0.140. The van der Waals surface area contributed by atoms with E-state index in [9.17, 15) is 22.4 Å². The predicted molar refractivity (Wildman–Crippen MR) is 176 cm³/mol. The van der Waals surface area contributed by atoms with Crippen LogP contribution in [0.1, 0.15) is 36.5 Å². The number of hydrogen-bond donors (Lipinski definition) is 1. The van der Waals surface area contributed by atoms with Crippen LogP contribution in [0.15, 0.2) is 108 Å². The molecule has 0 aliphatic carbocycles. The Morgan fingerprint density at radius 3 is 2.16 bits per heavy atom. The molecule has 236 valence electrons. The SMILES string of the molecule is CCCCNC(=O)[C@H](Cc1ccccc1)N(Cc1ccc(F)cc1)C(=O)CN(c1cccc(Cl)c1C)S(=O)(=O)c1ccccc1. The summed E-state index contributed by atoms with van der Waals surface area (Å²) in [5.74, 6) is -1.41. The third-order valence-electron chi connectivity index (χ3n) is 7.48. The number of amides is 2. The fourth-order valence-corrected chi connectivity index (χ4v) is 6.61. The van der Waals surface area contributed by atoms with Crippen LogP contribution in [0.25, 0.3) is 0 Å². The normalized spacial score (nSPS) is 11.9. The van der Waals surface area contributed by atoms with Crippen LogP contribution in [0.3, 0.4) is 0 Å². The first-order valence-electron chi connectivity index (χ1n) is 14.8. The van der Waals surface area contributed by atoms with E-state index in [1.807, 2.05) is 37.3 Å². The highest BCUT2D eigenvalue weighted by Crippen LogP contribution is 2.31. The smallest absolute Gasteiger partial charge is 0.264 e. The fraction of sp³-hybridized carbons (Fsp3) is 0.257. The topological polar surface area (TPSA) is 86.8 Å². The average molecular weight is 650 g/mol. The number of nitrogens with zero attached hydrogens (tertiary/aromatic N) is 2. The molecule has 0 bridgehead atoms. The molecule has 4 rings (SSSR count). The summed E-state index contributed by atoms with van der Waals surface area (Å²) in [5, 5.41) is 3.29. The van der Waals surface area contributed by atoms with Crippen LogP contribution < -0.4 is 9.62 Å². The summed E-state index contributed by atoms with van der Waals surface area (Å²) >= 11 is 6.42. The number of sulfonamides is 1. The summed E-state index contributed by atoms with van der Waals surface area (Å²) in [6.07, 6.45) is 1.81. The van der Waals surface area contributed by atoms with Crippen molar-refractivity contribution in [2.75, 3.05) is 17.4 Å². The third kappa shape index (κ3) is 8.71. The second kappa shape index (κ2) is 15.7. The highest BCUT2D eigenvalue weighted by molar-refractivity contribution is 7.92. The maximum absolute atomic E-state index is 14.5. The standard InChI is InChI=1S/C35H37ClFN3O4S/c1-3-4-22-38-35(42)33(23-27-12-7-5-8-13-27)39(24-28-18-20-29(37)21-19-28)34(41)25-40(32-17-11-16-31(36)26(32)2)45(43,44)30-14-9-6-10-15-30/h5-21,33H,3-4,22-25H2,1-2H3,(H,38,42)/t33-/m0/s1. The van der Waals surface area contributed by atoms with Crippen LogP contribution in [0, 0.1) is 12.7 Å². The van der Waals surface area contributed by atoms with Gasteiger partial charge >= 0.3 is 0 Å². The van der Waals surface area contributed by atoms with Crippen LogP contribution in [0.5, 0.6) is 0 Å². The van der Waals surface area contributed by atoms with E-state index in [1.54, 1.807) is 55.5 Å². The Morgan fingerprint density at radius 2 is 1.51 bits per heavy atom. The molecule has 1 N–H and O–H groups in total. The molecule has 0 fully saturated rings. The van der Waals surface area contributed by atoms with Gasteiger partial charge in [0.25, 0.3) is 10.0 Å². The second-order valence-corrected chi connectivity index (χ2v) is 13.0. The first-order chi connectivity index (χ1) is 21.6. The Kier molecular flexibility index (Phi) is 11.7. The van der Waals surface area contributed by atoms with Gasteiger partial charge in [-0.15, -0.1) is 0 Å². The van der Waals surface area contributed by atoms with Crippen molar-refractivity contribution in [3.63, 3.8) is 0 Å². The Morgan fingerprint density at radius 1 is 0.867 bits per heavy atom. The first kappa shape index (κ1) is 33.7. The van der Waals surface area contributed by atoms with Gasteiger partial charge in [-0.1, -0.05) is 91.7 Å². The van der Waals surface area contributed by atoms with Gasteiger partial charge in [-0.2, -0.15) is 0 Å². The van der Waals surface area contributed by atoms with Crippen LogP contribution >= 0.6 is 11.6 Å². The van der Waals surface area contributed by atoms with Gasteiger partial charge in [0.1, 0.15) is 18.4 Å². The molecule has 0 unspecified atom stereocenters. The van der Waals surface area contributed by atoms with Crippen molar-refractivity contribution in [3.05, 3.63) is 131 Å². The van der Waals surface area contributed by atoms with E-state index in [0.29, 0.717) is 22.7 Å². The zero-order valence-electron chi connectivity index (χ0n) is 25.3. The summed E-state index contributed by atoms with van der Waals surface area (Å²) in [6, 6.07) is 26.7. The van der Waals surface area contributed by atoms with Crippen molar-refractivity contribution in [2.24, 2.45) is 0 Å². The van der Waals surface area contributed by atoms with Gasteiger partial charge in [0.05, 0.1) is 10.6 Å². The largest absolute Gasteiger partial charge is 0.354 e. The van der Waals surface area contributed by atoms with Crippen LogP contribution in [0.4, 0.5) is 10.1 Å². The minimum absolute atomic E-state index is 0.000374. The number of nitrogens with one attached hydrogen (secondary N) is 1. The van der Waals surface area contributed by atoms with E-state index in [4.69, 9.17) is 11.6 Å². The van der Waals surface area contributed by atoms with Crippen molar-refractivity contribution in [2.45, 2.75) is 50.6 Å². The van der Waals surface area contributed by atoms with Crippen LogP contribution in [-0.2, 0) is 32.6 Å². The van der Waals surface area contributed by atoms with Gasteiger partial charge in [-0.05, 0) is 66.4 Å². The Hall–Kier alpha value is -4.21. The number of carbonyl (C=O) groups is 2. The van der Waals surface area contributed by atoms with E-state index in [1.165, 1.54) is 29.2 Å². The van der Waals surface area contributed by atoms with Gasteiger partial charge in [-0.3, -0.25) is 13.9 Å². The molecule has 10 heteroatoms. The second-order valence-electron chi connectivity index (χ2n) is 10.7. The van der Waals surface area contributed by atoms with Crippen molar-refractivity contribution >= 4 is 39.1 Å². The van der Waals surface area contributed by atoms with E-state index in [-0.39, 0.29) is 29.5 Å². The fourth-order valence-electron chi connectivity index (χ4n) is 4.95. The number of anilines is 1. The summed E-state index contributed by atoms with van der Waals surface area (Å²) < 4.78 is 43.1. The quantitative estimate of drug-likeness (QED) is 0.157. The highest BCUT2D eigenvalue weighted by Gasteiger charge is 2.35. The van der Waals surface area contributed by atoms with Crippen LogP contribution in [0.2, 0.25) is 5.02 Å². The van der Waals surface area contributed by atoms with Gasteiger partial charge in [0.15, 0.2) is 0 Å². The Balaban J connectivity index is 1.81. The molecule has 0 aliphatic heterocycles. The molecule has 7 nitrogen and oxygen atoms in total. The molecule has 0 heterocycles. The summed E-state index contributed by atoms with van der Waals surface area (Å²) in [4.78, 5) is 29.6. The number of unbranched alkanes of at least 4 members (excludes halogenated alkanes) is 1. The minimum Gasteiger partial charge on any atom is -0.354 e. The van der Waals surface area contributed by atoms with Crippen molar-refractivity contribution in [1.29, 1.82) is 0 Å². The van der Waals surface area contributed by atoms with E-state index >= 15 is 0 Å². The number of benzene rings is 4. The van der Waals surface area contributed by atoms with Gasteiger partial charge in [-0.25, -0.2) is 12.8 Å². The average Bonchev–Trinajstić information content (AvgIpc) is 3.04. The van der Waals surface area contributed by atoms with Crippen molar-refractivity contribution in [3.8, 4) is 0 Å². The van der Waals surface area contributed by atoms with Gasteiger partial charge in [0, 0.05) is 24.5 Å². The maximum Gasteiger partial charge on any atom is 0.264 e. The zero-order valence-corrected chi connectivity index (χ0v) is 26.9. The lowest BCUT2D eigenvalue weighted by Crippen LogP contribution is -2.53. The molecule has 0 spiro atoms. The summed E-state index contributed by atoms with van der Waals surface area (Å²) in [7, 11) is -4.25. The molecule has 45 heavy (non-hydrogen) atoms. The lowest BCUT2D eigenvalue weighted by Gasteiger charge is -2.34. The summed E-state index contributed by atoms with van der Waals surface area (Å²) in [5.41, 5.74) is 2.13. The monoisotopic (exact) mass is 649 g/mol. The molecular weight excluding hydrogens is 613 g/mol. The summed E-state index contributed by atoms with van der Waals surface area (Å²) in [6.45, 7) is 3.47. The highest BCUT2D eigenvalue weighted by atomic mass is 35.5. The maximum atomic E-state index is 14.5. The molecule has 0 saturated heterocycles. The Labute approximate surface area is 269 Å². The van der Waals surface area contributed by atoms with Crippen molar-refractivity contribution in [1.82, 2.24) is 10.2 Å². The number of rotatable bonds is 14. The van der Waals surface area contributed by atoms with Gasteiger partial charge < -0.3 is 10.2 Å². The third-order valence-corrected chi connectivity index (χ3v) is 9.67. The molecule has 0 radical (unpaired) electrons. The van der Waals surface area contributed by atoms with E-state index in [0.717, 1.165) is 22.7 Å². The molecule has 1 atom stereocenters. The van der Waals surface area contributed by atoms with Crippen LogP contribution in [-0.4, -0.2) is 44.3 Å². The van der Waals surface area contributed by atoms with E-state index < -0.39 is 34.3 Å². The molecule has 2 amide bonds. The number of carbonyl (C=O) groups excluding carboxylic acids is 2. The van der Waals surface area contributed by atoms with Gasteiger partial charge in [0.2, 0.25) is 11.8 Å². The zero-order chi connectivity index (χ0) is 32.4. The molecule has 0 saturated carbocycles. The molecule has 4 aromatic carbocycles. The van der Waals surface area contributed by atoms with E-state index in [2.05, 4.69) is 5.32 Å². The minimum atomic E-state index is -4.25. The number of hydrogen-bond acceptors (Lipinski definition) is 4. The molecule has 4 aromatic rings. The Bertz CT molecular complexity index is 1690. The molecule has 0 aromatic heterocycles. The molecule has 0 aliphatic rings.